The molecule has 0 aliphatic rings. The third kappa shape index (κ3) is 2.57. The number of rotatable bonds is 4. The smallest absolute Gasteiger partial charge is 0.324 e. The van der Waals surface area contributed by atoms with Crippen LogP contribution in [0.2, 0.25) is 0 Å². The molecule has 0 spiro atoms. The van der Waals surface area contributed by atoms with Crippen LogP contribution in [0, 0.1) is 0 Å². The predicted octanol–water partition coefficient (Wildman–Crippen LogP) is 1.47. The quantitative estimate of drug-likeness (QED) is 0.757. The van der Waals surface area contributed by atoms with Gasteiger partial charge in [0.1, 0.15) is 4.21 Å². The maximum atomic E-state index is 11.8. The molecule has 6 heteroatoms. The molecule has 84 valence electrons. The molecule has 0 N–H and O–H groups in total. The van der Waals surface area contributed by atoms with E-state index < -0.39 is 21.1 Å². The molecule has 0 aliphatic heterocycles. The van der Waals surface area contributed by atoms with E-state index in [0.717, 1.165) is 11.3 Å². The lowest BCUT2D eigenvalue weighted by molar-refractivity contribution is -0.142. The van der Waals surface area contributed by atoms with Crippen LogP contribution in [-0.2, 0) is 19.4 Å². The Morgan fingerprint density at radius 1 is 1.60 bits per heavy atom. The Kier molecular flexibility index (Phi) is 3.87. The van der Waals surface area contributed by atoms with E-state index in [1.54, 1.807) is 18.4 Å². The molecule has 1 aromatic heterocycles. The molecular weight excluding hydrogens is 236 g/mol. The van der Waals surface area contributed by atoms with Crippen molar-refractivity contribution >= 4 is 27.1 Å². The minimum atomic E-state index is -3.57. The van der Waals surface area contributed by atoms with Gasteiger partial charge in [0, 0.05) is 0 Å². The van der Waals surface area contributed by atoms with Gasteiger partial charge in [0.2, 0.25) is 9.84 Å². The van der Waals surface area contributed by atoms with Gasteiger partial charge < -0.3 is 4.74 Å². The van der Waals surface area contributed by atoms with Crippen molar-refractivity contribution in [2.45, 2.75) is 23.3 Å². The van der Waals surface area contributed by atoms with Crippen LogP contribution < -0.4 is 0 Å². The summed E-state index contributed by atoms with van der Waals surface area (Å²) in [6, 6.07) is 3.12. The fourth-order valence-corrected chi connectivity index (χ4v) is 3.51. The molecule has 1 heterocycles. The first-order valence-electron chi connectivity index (χ1n) is 4.44. The van der Waals surface area contributed by atoms with Gasteiger partial charge in [0.05, 0.1) is 6.61 Å². The van der Waals surface area contributed by atoms with Crippen LogP contribution in [0.15, 0.2) is 21.7 Å². The third-order valence-corrected chi connectivity index (χ3v) is 5.33. The Morgan fingerprint density at radius 3 is 2.73 bits per heavy atom. The van der Waals surface area contributed by atoms with Gasteiger partial charge in [0.15, 0.2) is 5.25 Å². The van der Waals surface area contributed by atoms with Crippen LogP contribution >= 0.6 is 11.3 Å². The summed E-state index contributed by atoms with van der Waals surface area (Å²) in [5, 5.41) is 0.515. The second-order valence-corrected chi connectivity index (χ2v) is 6.31. The van der Waals surface area contributed by atoms with Crippen molar-refractivity contribution < 1.29 is 17.9 Å². The molecule has 1 aromatic rings. The average Bonchev–Trinajstić information content (AvgIpc) is 2.70. The summed E-state index contributed by atoms with van der Waals surface area (Å²) in [4.78, 5) is 11.3. The van der Waals surface area contributed by atoms with Crippen LogP contribution in [0.4, 0.5) is 0 Å². The van der Waals surface area contributed by atoms with Gasteiger partial charge in [-0.1, -0.05) is 6.07 Å². The first-order valence-corrected chi connectivity index (χ1v) is 6.86. The van der Waals surface area contributed by atoms with Crippen LogP contribution in [0.25, 0.3) is 0 Å². The van der Waals surface area contributed by atoms with Gasteiger partial charge >= 0.3 is 5.97 Å². The van der Waals surface area contributed by atoms with Crippen LogP contribution in [0.3, 0.4) is 0 Å². The van der Waals surface area contributed by atoms with E-state index in [0.29, 0.717) is 0 Å². The molecule has 0 aromatic carbocycles. The number of sulfone groups is 1. The SMILES string of the molecule is CCOC(=O)C(C)S(=O)(=O)c1cccs1. The Bertz CT molecular complexity index is 419. The van der Waals surface area contributed by atoms with Gasteiger partial charge in [-0.2, -0.15) is 0 Å². The zero-order chi connectivity index (χ0) is 11.5. The van der Waals surface area contributed by atoms with Crippen LogP contribution in [0.1, 0.15) is 13.8 Å². The number of thiophene rings is 1. The number of carbonyl (C=O) groups excluding carboxylic acids is 1. The highest BCUT2D eigenvalue weighted by Crippen LogP contribution is 2.21. The van der Waals surface area contributed by atoms with Crippen molar-refractivity contribution in [1.82, 2.24) is 0 Å². The third-order valence-electron chi connectivity index (χ3n) is 1.86. The molecule has 15 heavy (non-hydrogen) atoms. The minimum absolute atomic E-state index is 0.184. The second kappa shape index (κ2) is 4.76. The van der Waals surface area contributed by atoms with Gasteiger partial charge in [-0.3, -0.25) is 4.79 Å². The second-order valence-electron chi connectivity index (χ2n) is 2.87. The summed E-state index contributed by atoms with van der Waals surface area (Å²) in [6.07, 6.45) is 0. The van der Waals surface area contributed by atoms with E-state index in [1.165, 1.54) is 13.0 Å². The number of carbonyl (C=O) groups is 1. The monoisotopic (exact) mass is 248 g/mol. The topological polar surface area (TPSA) is 60.4 Å². The summed E-state index contributed by atoms with van der Waals surface area (Å²) < 4.78 is 28.5. The Balaban J connectivity index is 2.93. The highest BCUT2D eigenvalue weighted by atomic mass is 32.2. The number of esters is 1. The first-order chi connectivity index (χ1) is 7.00. The van der Waals surface area contributed by atoms with Crippen molar-refractivity contribution in [3.63, 3.8) is 0 Å². The summed E-state index contributed by atoms with van der Waals surface area (Å²) in [5.74, 6) is -0.703. The molecule has 4 nitrogen and oxygen atoms in total. The van der Waals surface area contributed by atoms with Crippen molar-refractivity contribution in [2.75, 3.05) is 6.61 Å². The maximum absolute atomic E-state index is 11.8. The fraction of sp³-hybridized carbons (Fsp3) is 0.444. The number of hydrogen-bond donors (Lipinski definition) is 0. The van der Waals surface area contributed by atoms with E-state index in [2.05, 4.69) is 4.74 Å². The van der Waals surface area contributed by atoms with Crippen LogP contribution in [-0.4, -0.2) is 26.2 Å². The summed E-state index contributed by atoms with van der Waals surface area (Å²) in [7, 11) is -3.57. The largest absolute Gasteiger partial charge is 0.465 e. The van der Waals surface area contributed by atoms with E-state index >= 15 is 0 Å². The molecule has 1 atom stereocenters. The summed E-state index contributed by atoms with van der Waals surface area (Å²) in [6.45, 7) is 3.17. The fourth-order valence-electron chi connectivity index (χ4n) is 0.986. The summed E-state index contributed by atoms with van der Waals surface area (Å²) in [5.41, 5.74) is 0. The molecule has 0 amide bonds. The Labute approximate surface area is 92.8 Å². The van der Waals surface area contributed by atoms with Crippen LogP contribution in [0.5, 0.6) is 0 Å². The lowest BCUT2D eigenvalue weighted by atomic mass is 10.5. The predicted molar refractivity (Wildman–Crippen MR) is 57.6 cm³/mol. The standard InChI is InChI=1S/C9H12O4S2/c1-3-13-9(10)7(2)15(11,12)8-5-4-6-14-8/h4-7H,3H2,1-2H3. The Hall–Kier alpha value is -0.880. The molecular formula is C9H12O4S2. The average molecular weight is 248 g/mol. The van der Waals surface area contributed by atoms with Gasteiger partial charge in [0.25, 0.3) is 0 Å². The highest BCUT2D eigenvalue weighted by Gasteiger charge is 2.31. The van der Waals surface area contributed by atoms with Gasteiger partial charge in [-0.15, -0.1) is 11.3 Å². The minimum Gasteiger partial charge on any atom is -0.465 e. The molecule has 1 rings (SSSR count). The van der Waals surface area contributed by atoms with E-state index in [4.69, 9.17) is 0 Å². The van der Waals surface area contributed by atoms with Gasteiger partial charge in [-0.05, 0) is 25.3 Å². The van der Waals surface area contributed by atoms with Gasteiger partial charge in [-0.25, -0.2) is 8.42 Å². The van der Waals surface area contributed by atoms with Crippen molar-refractivity contribution in [3.05, 3.63) is 17.5 Å². The molecule has 0 saturated heterocycles. The zero-order valence-electron chi connectivity index (χ0n) is 8.47. The molecule has 1 unspecified atom stereocenters. The lowest BCUT2D eigenvalue weighted by Gasteiger charge is -2.09. The number of hydrogen-bond acceptors (Lipinski definition) is 5. The zero-order valence-corrected chi connectivity index (χ0v) is 10.1. The first kappa shape index (κ1) is 12.2. The van der Waals surface area contributed by atoms with Crippen molar-refractivity contribution in [2.24, 2.45) is 0 Å². The normalized spacial score (nSPS) is 13.5. The van der Waals surface area contributed by atoms with Crippen molar-refractivity contribution in [3.8, 4) is 0 Å². The molecule has 0 saturated carbocycles. The number of ether oxygens (including phenoxy) is 1. The molecule has 0 aliphatic carbocycles. The summed E-state index contributed by atoms with van der Waals surface area (Å²) >= 11 is 1.10. The molecule has 0 fully saturated rings. The van der Waals surface area contributed by atoms with Crippen molar-refractivity contribution in [1.29, 1.82) is 0 Å². The van der Waals surface area contributed by atoms with E-state index in [1.807, 2.05) is 0 Å². The van der Waals surface area contributed by atoms with E-state index in [9.17, 15) is 13.2 Å². The highest BCUT2D eigenvalue weighted by molar-refractivity contribution is 7.94. The molecule has 0 bridgehead atoms. The Morgan fingerprint density at radius 2 is 2.27 bits per heavy atom. The van der Waals surface area contributed by atoms with E-state index in [-0.39, 0.29) is 10.8 Å². The molecule has 0 radical (unpaired) electrons. The maximum Gasteiger partial charge on any atom is 0.324 e. The lowest BCUT2D eigenvalue weighted by Crippen LogP contribution is -2.28.